The summed E-state index contributed by atoms with van der Waals surface area (Å²) in [6.45, 7) is 0.337. The van der Waals surface area contributed by atoms with Crippen molar-refractivity contribution in [2.45, 2.75) is 12.5 Å². The van der Waals surface area contributed by atoms with E-state index in [-0.39, 0.29) is 0 Å². The Morgan fingerprint density at radius 3 is 2.33 bits per heavy atom. The van der Waals surface area contributed by atoms with Gasteiger partial charge in [0, 0.05) is 6.54 Å². The molecule has 0 radical (unpaired) electrons. The van der Waals surface area contributed by atoms with E-state index in [0.717, 1.165) is 0 Å². The molecule has 0 aliphatic carbocycles. The van der Waals surface area contributed by atoms with Crippen LogP contribution in [-0.4, -0.2) is 31.6 Å². The molecule has 0 saturated carbocycles. The Bertz CT molecular complexity index is 171. The van der Waals surface area contributed by atoms with Gasteiger partial charge in [-0.2, -0.15) is 0 Å². The lowest BCUT2D eigenvalue weighted by molar-refractivity contribution is -0.120. The molecule has 0 aromatic carbocycles. The van der Waals surface area contributed by atoms with Gasteiger partial charge in [-0.3, -0.25) is 4.79 Å². The van der Waals surface area contributed by atoms with Crippen LogP contribution in [0.1, 0.15) is 6.42 Å². The SMILES string of the molecule is CN[C@@H](CCNC(N)=O)C(N)=O. The van der Waals surface area contributed by atoms with Crippen molar-refractivity contribution in [3.8, 4) is 0 Å². The van der Waals surface area contributed by atoms with E-state index < -0.39 is 18.0 Å². The first-order valence-corrected chi connectivity index (χ1v) is 3.57. The largest absolute Gasteiger partial charge is 0.368 e. The molecule has 0 aliphatic rings. The maximum Gasteiger partial charge on any atom is 0.312 e. The van der Waals surface area contributed by atoms with E-state index >= 15 is 0 Å². The van der Waals surface area contributed by atoms with Crippen LogP contribution in [0.4, 0.5) is 4.79 Å². The minimum atomic E-state index is -0.602. The van der Waals surface area contributed by atoms with Gasteiger partial charge in [0.15, 0.2) is 0 Å². The zero-order valence-corrected chi connectivity index (χ0v) is 6.96. The summed E-state index contributed by atoms with van der Waals surface area (Å²) in [6, 6.07) is -1.02. The number of hydrogen-bond acceptors (Lipinski definition) is 3. The second-order valence-electron chi connectivity index (χ2n) is 2.32. The maximum absolute atomic E-state index is 10.6. The van der Waals surface area contributed by atoms with Crippen molar-refractivity contribution in [1.29, 1.82) is 0 Å². The van der Waals surface area contributed by atoms with E-state index in [1.54, 1.807) is 7.05 Å². The van der Waals surface area contributed by atoms with Crippen LogP contribution in [0.5, 0.6) is 0 Å². The molecule has 6 N–H and O–H groups in total. The Morgan fingerprint density at radius 2 is 2.00 bits per heavy atom. The Labute approximate surface area is 70.7 Å². The normalized spacial score (nSPS) is 12.1. The fraction of sp³-hybridized carbons (Fsp3) is 0.667. The van der Waals surface area contributed by atoms with Gasteiger partial charge in [-0.05, 0) is 13.5 Å². The van der Waals surface area contributed by atoms with Crippen molar-refractivity contribution in [1.82, 2.24) is 10.6 Å². The highest BCUT2D eigenvalue weighted by Crippen LogP contribution is 1.87. The van der Waals surface area contributed by atoms with E-state index in [9.17, 15) is 9.59 Å². The van der Waals surface area contributed by atoms with Gasteiger partial charge in [0.2, 0.25) is 5.91 Å². The lowest BCUT2D eigenvalue weighted by Gasteiger charge is -2.11. The average Bonchev–Trinajstić information content (AvgIpc) is 1.96. The molecule has 70 valence electrons. The molecule has 12 heavy (non-hydrogen) atoms. The fourth-order valence-electron chi connectivity index (χ4n) is 0.769. The summed E-state index contributed by atoms with van der Waals surface area (Å²) in [6.07, 6.45) is 0.439. The van der Waals surface area contributed by atoms with Crippen molar-refractivity contribution in [3.63, 3.8) is 0 Å². The summed E-state index contributed by atoms with van der Waals surface area (Å²) >= 11 is 0. The second kappa shape index (κ2) is 5.36. The third kappa shape index (κ3) is 4.51. The summed E-state index contributed by atoms with van der Waals surface area (Å²) in [5.74, 6) is -0.441. The number of rotatable bonds is 5. The van der Waals surface area contributed by atoms with Crippen LogP contribution in [-0.2, 0) is 4.79 Å². The highest BCUT2D eigenvalue weighted by Gasteiger charge is 2.11. The number of amides is 3. The van der Waals surface area contributed by atoms with Crippen LogP contribution in [0.25, 0.3) is 0 Å². The van der Waals surface area contributed by atoms with Crippen molar-refractivity contribution in [2.24, 2.45) is 11.5 Å². The van der Waals surface area contributed by atoms with Gasteiger partial charge in [0.05, 0.1) is 6.04 Å². The van der Waals surface area contributed by atoms with Gasteiger partial charge in [-0.1, -0.05) is 0 Å². The van der Waals surface area contributed by atoms with Crippen molar-refractivity contribution in [2.75, 3.05) is 13.6 Å². The molecule has 0 fully saturated rings. The Morgan fingerprint density at radius 1 is 1.42 bits per heavy atom. The summed E-state index contributed by atoms with van der Waals surface area (Å²) in [4.78, 5) is 20.8. The van der Waals surface area contributed by atoms with Crippen molar-refractivity contribution >= 4 is 11.9 Å². The number of nitrogens with one attached hydrogen (secondary N) is 2. The monoisotopic (exact) mass is 174 g/mol. The topological polar surface area (TPSA) is 110 Å². The van der Waals surface area contributed by atoms with E-state index in [0.29, 0.717) is 13.0 Å². The molecule has 0 unspecified atom stereocenters. The number of carbonyl (C=O) groups is 2. The molecule has 0 spiro atoms. The van der Waals surface area contributed by atoms with Gasteiger partial charge in [-0.15, -0.1) is 0 Å². The highest BCUT2D eigenvalue weighted by molar-refractivity contribution is 5.79. The summed E-state index contributed by atoms with van der Waals surface area (Å²) in [7, 11) is 1.62. The van der Waals surface area contributed by atoms with Crippen LogP contribution in [0.3, 0.4) is 0 Å². The molecule has 3 amide bonds. The fourth-order valence-corrected chi connectivity index (χ4v) is 0.769. The van der Waals surface area contributed by atoms with Gasteiger partial charge in [-0.25, -0.2) is 4.79 Å². The molecule has 0 rings (SSSR count). The van der Waals surface area contributed by atoms with Gasteiger partial charge < -0.3 is 22.1 Å². The van der Waals surface area contributed by atoms with E-state index in [4.69, 9.17) is 11.5 Å². The first kappa shape index (κ1) is 10.7. The molecule has 0 saturated heterocycles. The molecule has 6 heteroatoms. The minimum absolute atomic E-state index is 0.337. The van der Waals surface area contributed by atoms with Crippen LogP contribution >= 0.6 is 0 Å². The van der Waals surface area contributed by atoms with Crippen LogP contribution in [0.15, 0.2) is 0 Å². The molecule has 0 bridgehead atoms. The molecule has 0 aromatic heterocycles. The predicted octanol–water partition coefficient (Wildman–Crippen LogP) is -1.88. The number of urea groups is 1. The average molecular weight is 174 g/mol. The highest BCUT2D eigenvalue weighted by atomic mass is 16.2. The molecule has 0 heterocycles. The molecule has 6 nitrogen and oxygen atoms in total. The quantitative estimate of drug-likeness (QED) is 0.391. The molecule has 1 atom stereocenters. The third-order valence-electron chi connectivity index (χ3n) is 1.42. The Balaban J connectivity index is 3.59. The third-order valence-corrected chi connectivity index (χ3v) is 1.42. The number of likely N-dealkylation sites (N-methyl/N-ethyl adjacent to an activating group) is 1. The maximum atomic E-state index is 10.6. The van der Waals surface area contributed by atoms with Crippen LogP contribution in [0, 0.1) is 0 Å². The number of carbonyl (C=O) groups excluding carboxylic acids is 2. The van der Waals surface area contributed by atoms with Gasteiger partial charge >= 0.3 is 6.03 Å². The van der Waals surface area contributed by atoms with Crippen LogP contribution < -0.4 is 22.1 Å². The second-order valence-corrected chi connectivity index (χ2v) is 2.32. The van der Waals surface area contributed by atoms with Crippen molar-refractivity contribution in [3.05, 3.63) is 0 Å². The lowest BCUT2D eigenvalue weighted by atomic mass is 10.2. The zero-order chi connectivity index (χ0) is 9.56. The minimum Gasteiger partial charge on any atom is -0.368 e. The molecule has 0 aromatic rings. The molecule has 0 aliphatic heterocycles. The van der Waals surface area contributed by atoms with Gasteiger partial charge in [0.25, 0.3) is 0 Å². The Kier molecular flexibility index (Phi) is 4.78. The zero-order valence-electron chi connectivity index (χ0n) is 6.96. The molecular weight excluding hydrogens is 160 g/mol. The lowest BCUT2D eigenvalue weighted by Crippen LogP contribution is -2.42. The van der Waals surface area contributed by atoms with E-state index in [1.807, 2.05) is 0 Å². The van der Waals surface area contributed by atoms with Gasteiger partial charge in [0.1, 0.15) is 0 Å². The number of hydrogen-bond donors (Lipinski definition) is 4. The predicted molar refractivity (Wildman–Crippen MR) is 44.2 cm³/mol. The Hall–Kier alpha value is -1.30. The first-order valence-electron chi connectivity index (χ1n) is 3.57. The number of nitrogens with two attached hydrogens (primary N) is 2. The summed E-state index contributed by atoms with van der Waals surface area (Å²) in [5, 5.41) is 5.06. The van der Waals surface area contributed by atoms with E-state index in [2.05, 4.69) is 10.6 Å². The summed E-state index contributed by atoms with van der Waals surface area (Å²) < 4.78 is 0. The van der Waals surface area contributed by atoms with E-state index in [1.165, 1.54) is 0 Å². The first-order chi connectivity index (χ1) is 5.57. The van der Waals surface area contributed by atoms with Crippen LogP contribution in [0.2, 0.25) is 0 Å². The standard InChI is InChI=1S/C6H14N4O2/c1-9-4(5(7)11)2-3-10-6(8)12/h4,9H,2-3H2,1H3,(H2,7,11)(H3,8,10,12)/t4-/m0/s1. The smallest absolute Gasteiger partial charge is 0.312 e. The summed E-state index contributed by atoms with van der Waals surface area (Å²) in [5.41, 5.74) is 9.83. The van der Waals surface area contributed by atoms with Crippen molar-refractivity contribution < 1.29 is 9.59 Å². The number of primary amides is 2. The molecular formula is C6H14N4O2.